The highest BCUT2D eigenvalue weighted by Crippen LogP contribution is 2.30. The third-order valence-corrected chi connectivity index (χ3v) is 5.67. The van der Waals surface area contributed by atoms with Crippen LogP contribution in [0.1, 0.15) is 26.7 Å². The van der Waals surface area contributed by atoms with E-state index in [1.165, 1.54) is 0 Å². The minimum atomic E-state index is -3.41. The van der Waals surface area contributed by atoms with Gasteiger partial charge in [0.15, 0.2) is 15.6 Å². The molecule has 0 amide bonds. The Morgan fingerprint density at radius 2 is 2.05 bits per heavy atom. The van der Waals surface area contributed by atoms with E-state index in [0.717, 1.165) is 0 Å². The number of ether oxygens (including phenoxy) is 2. The summed E-state index contributed by atoms with van der Waals surface area (Å²) in [6.07, 6.45) is 0.451. The molecule has 1 heterocycles. The van der Waals surface area contributed by atoms with Crippen molar-refractivity contribution in [2.45, 2.75) is 38.6 Å². The lowest BCUT2D eigenvalue weighted by molar-refractivity contribution is -0.135. The van der Waals surface area contributed by atoms with Crippen molar-refractivity contribution in [2.24, 2.45) is 11.8 Å². The highest BCUT2D eigenvalue weighted by Gasteiger charge is 2.40. The first kappa shape index (κ1) is 15.9. The van der Waals surface area contributed by atoms with Gasteiger partial charge in [0.25, 0.3) is 0 Å². The largest absolute Gasteiger partial charge is 0.396 e. The maximum atomic E-state index is 12.2. The maximum Gasteiger partial charge on any atom is 0.163 e. The molecule has 2 fully saturated rings. The van der Waals surface area contributed by atoms with Crippen LogP contribution in [0.2, 0.25) is 0 Å². The summed E-state index contributed by atoms with van der Waals surface area (Å²) in [6.45, 7) is 3.58. The van der Waals surface area contributed by atoms with Crippen LogP contribution in [-0.2, 0) is 24.1 Å². The zero-order chi connectivity index (χ0) is 15.0. The standard InChI is InChI=1S/C13H22O6S/c1-13(2)18-6-10(19-13)7-20(16,17)8-11-9(5-14)3-4-12(11)15/h9-11,14H,3-8H2,1-2H3/t9-,10?,11-/m0/s1. The molecule has 3 atom stereocenters. The van der Waals surface area contributed by atoms with Crippen LogP contribution in [0.25, 0.3) is 0 Å². The molecule has 116 valence electrons. The summed E-state index contributed by atoms with van der Waals surface area (Å²) in [4.78, 5) is 11.7. The van der Waals surface area contributed by atoms with Crippen LogP contribution in [0.4, 0.5) is 0 Å². The van der Waals surface area contributed by atoms with E-state index < -0.39 is 27.6 Å². The number of aliphatic hydroxyl groups excluding tert-OH is 1. The second-order valence-corrected chi connectivity index (χ2v) is 8.24. The molecular formula is C13H22O6S. The second kappa shape index (κ2) is 5.71. The molecule has 0 aromatic rings. The molecule has 0 radical (unpaired) electrons. The van der Waals surface area contributed by atoms with Gasteiger partial charge in [-0.3, -0.25) is 4.79 Å². The van der Waals surface area contributed by atoms with Crippen LogP contribution in [-0.4, -0.2) is 55.9 Å². The van der Waals surface area contributed by atoms with Gasteiger partial charge in [-0.2, -0.15) is 0 Å². The molecule has 2 aliphatic rings. The Kier molecular flexibility index (Phi) is 4.53. The molecule has 0 aromatic carbocycles. The van der Waals surface area contributed by atoms with Crippen molar-refractivity contribution in [2.75, 3.05) is 24.7 Å². The van der Waals surface area contributed by atoms with Gasteiger partial charge in [-0.05, 0) is 26.2 Å². The number of sulfone groups is 1. The summed E-state index contributed by atoms with van der Waals surface area (Å²) in [6, 6.07) is 0. The zero-order valence-corrected chi connectivity index (χ0v) is 12.7. The van der Waals surface area contributed by atoms with E-state index in [1.54, 1.807) is 13.8 Å². The van der Waals surface area contributed by atoms with E-state index in [9.17, 15) is 18.3 Å². The van der Waals surface area contributed by atoms with E-state index in [0.29, 0.717) is 12.8 Å². The van der Waals surface area contributed by atoms with E-state index >= 15 is 0 Å². The fourth-order valence-corrected chi connectivity index (χ4v) is 4.77. The molecule has 0 aromatic heterocycles. The molecule has 2 rings (SSSR count). The fraction of sp³-hybridized carbons (Fsp3) is 0.923. The third kappa shape index (κ3) is 3.78. The Balaban J connectivity index is 1.96. The summed E-state index contributed by atoms with van der Waals surface area (Å²) in [7, 11) is -3.41. The molecule has 0 bridgehead atoms. The maximum absolute atomic E-state index is 12.2. The lowest BCUT2D eigenvalue weighted by atomic mass is 9.99. The lowest BCUT2D eigenvalue weighted by Gasteiger charge is -2.19. The van der Waals surface area contributed by atoms with Gasteiger partial charge >= 0.3 is 0 Å². The number of rotatable bonds is 5. The molecule has 1 N–H and O–H groups in total. The molecule has 1 saturated carbocycles. The number of aliphatic hydroxyl groups is 1. The van der Waals surface area contributed by atoms with E-state index in [1.807, 2.05) is 0 Å². The Morgan fingerprint density at radius 3 is 2.60 bits per heavy atom. The van der Waals surface area contributed by atoms with Crippen molar-refractivity contribution in [3.63, 3.8) is 0 Å². The van der Waals surface area contributed by atoms with Crippen molar-refractivity contribution < 1.29 is 27.8 Å². The predicted octanol–water partition coefficient (Wildman–Crippen LogP) is 0.140. The first-order chi connectivity index (χ1) is 9.22. The molecule has 1 saturated heterocycles. The van der Waals surface area contributed by atoms with E-state index in [4.69, 9.17) is 9.47 Å². The quantitative estimate of drug-likeness (QED) is 0.777. The molecule has 1 unspecified atom stereocenters. The first-order valence-corrected chi connectivity index (χ1v) is 8.70. The first-order valence-electron chi connectivity index (χ1n) is 6.88. The predicted molar refractivity (Wildman–Crippen MR) is 71.9 cm³/mol. The minimum absolute atomic E-state index is 0.0588. The van der Waals surface area contributed by atoms with E-state index in [-0.39, 0.29) is 36.4 Å². The molecule has 1 aliphatic heterocycles. The molecule has 0 spiro atoms. The highest BCUT2D eigenvalue weighted by atomic mass is 32.2. The van der Waals surface area contributed by atoms with Gasteiger partial charge in [-0.15, -0.1) is 0 Å². The number of hydrogen-bond donors (Lipinski definition) is 1. The number of hydrogen-bond acceptors (Lipinski definition) is 6. The van der Waals surface area contributed by atoms with Gasteiger partial charge in [0.05, 0.1) is 24.2 Å². The van der Waals surface area contributed by atoms with Crippen molar-refractivity contribution >= 4 is 15.6 Å². The van der Waals surface area contributed by atoms with Gasteiger partial charge in [-0.1, -0.05) is 0 Å². The monoisotopic (exact) mass is 306 g/mol. The third-order valence-electron chi connectivity index (χ3n) is 3.92. The summed E-state index contributed by atoms with van der Waals surface area (Å²) in [5.41, 5.74) is 0. The fourth-order valence-electron chi connectivity index (χ4n) is 2.89. The van der Waals surface area contributed by atoms with Gasteiger partial charge < -0.3 is 14.6 Å². The summed E-state index contributed by atoms with van der Waals surface area (Å²) in [5, 5.41) is 9.21. The van der Waals surface area contributed by atoms with Crippen LogP contribution in [0.5, 0.6) is 0 Å². The summed E-state index contributed by atoms with van der Waals surface area (Å²) >= 11 is 0. The summed E-state index contributed by atoms with van der Waals surface area (Å²) in [5.74, 6) is -1.95. The van der Waals surface area contributed by atoms with Gasteiger partial charge in [0.2, 0.25) is 0 Å². The van der Waals surface area contributed by atoms with Crippen molar-refractivity contribution in [1.29, 1.82) is 0 Å². The van der Waals surface area contributed by atoms with Crippen molar-refractivity contribution in [1.82, 2.24) is 0 Å². The summed E-state index contributed by atoms with van der Waals surface area (Å²) < 4.78 is 35.2. The molecule has 1 aliphatic carbocycles. The molecule has 7 heteroatoms. The lowest BCUT2D eigenvalue weighted by Crippen LogP contribution is -2.33. The number of Topliss-reactive ketones (excluding diaryl/α,β-unsaturated/α-hetero) is 1. The van der Waals surface area contributed by atoms with Gasteiger partial charge in [-0.25, -0.2) is 8.42 Å². The number of carbonyl (C=O) groups excluding carboxylic acids is 1. The Morgan fingerprint density at radius 1 is 1.35 bits per heavy atom. The van der Waals surface area contributed by atoms with Crippen LogP contribution >= 0.6 is 0 Å². The van der Waals surface area contributed by atoms with E-state index in [2.05, 4.69) is 0 Å². The van der Waals surface area contributed by atoms with Crippen LogP contribution in [0.3, 0.4) is 0 Å². The average molecular weight is 306 g/mol. The topological polar surface area (TPSA) is 89.9 Å². The Hall–Kier alpha value is -0.500. The second-order valence-electron chi connectivity index (χ2n) is 6.08. The van der Waals surface area contributed by atoms with Gasteiger partial charge in [0.1, 0.15) is 5.78 Å². The minimum Gasteiger partial charge on any atom is -0.396 e. The highest BCUT2D eigenvalue weighted by molar-refractivity contribution is 7.91. The zero-order valence-electron chi connectivity index (χ0n) is 11.9. The number of carbonyl (C=O) groups is 1. The molecular weight excluding hydrogens is 284 g/mol. The van der Waals surface area contributed by atoms with Crippen LogP contribution in [0.15, 0.2) is 0 Å². The Labute approximate surface area is 119 Å². The number of ketones is 1. The van der Waals surface area contributed by atoms with Crippen LogP contribution in [0, 0.1) is 11.8 Å². The Bertz CT molecular complexity index is 469. The van der Waals surface area contributed by atoms with Crippen molar-refractivity contribution in [3.8, 4) is 0 Å². The van der Waals surface area contributed by atoms with Crippen molar-refractivity contribution in [3.05, 3.63) is 0 Å². The smallest absolute Gasteiger partial charge is 0.163 e. The molecule has 20 heavy (non-hydrogen) atoms. The average Bonchev–Trinajstić information content (AvgIpc) is 2.82. The SMILES string of the molecule is CC1(C)OCC(CS(=O)(=O)C[C@@H]2C(=O)CC[C@H]2CO)O1. The molecule has 6 nitrogen and oxygen atoms in total. The normalized spacial score (nSPS) is 33.8. The van der Waals surface area contributed by atoms with Crippen LogP contribution < -0.4 is 0 Å². The van der Waals surface area contributed by atoms with Gasteiger partial charge in [0, 0.05) is 18.9 Å².